The molecule has 0 saturated heterocycles. The first-order valence-corrected chi connectivity index (χ1v) is 11.3. The van der Waals surface area contributed by atoms with Crippen LogP contribution in [0.25, 0.3) is 0 Å². The highest BCUT2D eigenvalue weighted by molar-refractivity contribution is 5.87. The number of hydrogen-bond acceptors (Lipinski definition) is 4. The lowest BCUT2D eigenvalue weighted by Crippen LogP contribution is -2.63. The van der Waals surface area contributed by atoms with Crippen molar-refractivity contribution in [1.29, 1.82) is 0 Å². The van der Waals surface area contributed by atoms with Gasteiger partial charge in [-0.15, -0.1) is 0 Å². The summed E-state index contributed by atoms with van der Waals surface area (Å²) >= 11 is 0. The van der Waals surface area contributed by atoms with Gasteiger partial charge in [0, 0.05) is 31.0 Å². The Balaban J connectivity index is 2.20. The van der Waals surface area contributed by atoms with Crippen molar-refractivity contribution in [3.8, 4) is 0 Å². The Labute approximate surface area is 172 Å². The Kier molecular flexibility index (Phi) is 6.09. The predicted molar refractivity (Wildman–Crippen MR) is 111 cm³/mol. The van der Waals surface area contributed by atoms with E-state index in [4.69, 9.17) is 14.2 Å². The number of methoxy groups -OCH3 is 2. The van der Waals surface area contributed by atoms with Crippen LogP contribution in [0.3, 0.4) is 0 Å². The molecule has 4 heteroatoms. The lowest BCUT2D eigenvalue weighted by molar-refractivity contribution is -0.222. The molecule has 2 bridgehead atoms. The van der Waals surface area contributed by atoms with Gasteiger partial charge in [-0.05, 0) is 55.3 Å². The van der Waals surface area contributed by atoms with Crippen molar-refractivity contribution in [1.82, 2.24) is 0 Å². The summed E-state index contributed by atoms with van der Waals surface area (Å²) < 4.78 is 17.8. The molecule has 3 unspecified atom stereocenters. The van der Waals surface area contributed by atoms with E-state index in [-0.39, 0.29) is 47.1 Å². The molecule has 8 atom stereocenters. The molecule has 28 heavy (non-hydrogen) atoms. The van der Waals surface area contributed by atoms with E-state index in [1.807, 2.05) is 7.11 Å². The van der Waals surface area contributed by atoms with Crippen LogP contribution in [0.4, 0.5) is 0 Å². The molecule has 0 aliphatic heterocycles. The van der Waals surface area contributed by atoms with Crippen LogP contribution in [0.1, 0.15) is 73.6 Å². The Hall–Kier alpha value is -0.450. The number of hydrogen-bond donors (Lipinski definition) is 0. The van der Waals surface area contributed by atoms with Crippen LogP contribution < -0.4 is 0 Å². The summed E-state index contributed by atoms with van der Waals surface area (Å²) in [5.41, 5.74) is -0.372. The normalized spacial score (nSPS) is 49.0. The zero-order valence-electron chi connectivity index (χ0n) is 19.3. The number of ether oxygens (including phenoxy) is 3. The van der Waals surface area contributed by atoms with Crippen molar-refractivity contribution >= 4 is 5.78 Å². The summed E-state index contributed by atoms with van der Waals surface area (Å²) in [5, 5.41) is 0. The second-order valence-electron chi connectivity index (χ2n) is 10.8. The van der Waals surface area contributed by atoms with Gasteiger partial charge >= 0.3 is 0 Å². The zero-order chi connectivity index (χ0) is 20.9. The third kappa shape index (κ3) is 2.93. The van der Waals surface area contributed by atoms with E-state index in [2.05, 4.69) is 41.5 Å². The summed E-state index contributed by atoms with van der Waals surface area (Å²) in [4.78, 5) is 14.0. The fourth-order valence-corrected chi connectivity index (χ4v) is 7.35. The van der Waals surface area contributed by atoms with Gasteiger partial charge < -0.3 is 14.2 Å². The first-order chi connectivity index (χ1) is 13.1. The second-order valence-corrected chi connectivity index (χ2v) is 10.8. The predicted octanol–water partition coefficient (Wildman–Crippen LogP) is 5.09. The molecule has 162 valence electrons. The van der Waals surface area contributed by atoms with E-state index < -0.39 is 0 Å². The lowest BCUT2D eigenvalue weighted by atomic mass is 9.43. The average molecular weight is 395 g/mol. The van der Waals surface area contributed by atoms with Crippen LogP contribution in [0, 0.1) is 39.9 Å². The summed E-state index contributed by atoms with van der Waals surface area (Å²) in [6.07, 6.45) is 5.40. The first-order valence-electron chi connectivity index (χ1n) is 11.3. The minimum Gasteiger partial charge on any atom is -0.381 e. The first kappa shape index (κ1) is 22.2. The Morgan fingerprint density at radius 1 is 1.11 bits per heavy atom. The molecule has 0 amide bonds. The van der Waals surface area contributed by atoms with Gasteiger partial charge in [0.1, 0.15) is 12.6 Å². The van der Waals surface area contributed by atoms with Gasteiger partial charge in [0.15, 0.2) is 0 Å². The SMILES string of the molecule is COCOC1C[C@@](C)(C(C)C)C(=O)[C@H](C)C23CC[C@@H](C)[C@]1(C)C2[C@H](OC)CC3. The minimum atomic E-state index is -0.376. The van der Waals surface area contributed by atoms with Gasteiger partial charge in [-0.3, -0.25) is 4.79 Å². The Morgan fingerprint density at radius 2 is 1.75 bits per heavy atom. The molecule has 0 aromatic rings. The van der Waals surface area contributed by atoms with Gasteiger partial charge in [-0.2, -0.15) is 0 Å². The smallest absolute Gasteiger partial charge is 0.146 e. The molecule has 3 fully saturated rings. The maximum Gasteiger partial charge on any atom is 0.146 e. The molecule has 0 aromatic heterocycles. The summed E-state index contributed by atoms with van der Waals surface area (Å²) in [7, 11) is 3.53. The van der Waals surface area contributed by atoms with Crippen LogP contribution >= 0.6 is 0 Å². The van der Waals surface area contributed by atoms with E-state index in [9.17, 15) is 4.79 Å². The fourth-order valence-electron chi connectivity index (χ4n) is 7.35. The van der Waals surface area contributed by atoms with Crippen molar-refractivity contribution in [2.24, 2.45) is 39.9 Å². The zero-order valence-corrected chi connectivity index (χ0v) is 19.3. The van der Waals surface area contributed by atoms with Crippen molar-refractivity contribution in [2.75, 3.05) is 21.0 Å². The van der Waals surface area contributed by atoms with Crippen molar-refractivity contribution in [3.63, 3.8) is 0 Å². The fraction of sp³-hybridized carbons (Fsp3) is 0.958. The molecular weight excluding hydrogens is 352 g/mol. The number of carbonyl (C=O) groups is 1. The standard InChI is InChI=1S/C24H42O4/c1-15(2)22(5)13-19(28-14-26-7)23(6)16(3)9-11-24(17(4)21(22)25)12-10-18(27-8)20(23)24/h15-20H,9-14H2,1-8H3/t16-,17+,18-,19?,20?,22+,23+,24?/m1/s1. The maximum absolute atomic E-state index is 14.0. The molecule has 3 aliphatic rings. The molecular formula is C24H42O4. The van der Waals surface area contributed by atoms with Crippen molar-refractivity contribution in [3.05, 3.63) is 0 Å². The van der Waals surface area contributed by atoms with Crippen molar-refractivity contribution < 1.29 is 19.0 Å². The van der Waals surface area contributed by atoms with E-state index in [0.717, 1.165) is 32.1 Å². The van der Waals surface area contributed by atoms with Crippen molar-refractivity contribution in [2.45, 2.75) is 85.9 Å². The van der Waals surface area contributed by atoms with Gasteiger partial charge in [0.25, 0.3) is 0 Å². The molecule has 3 rings (SSSR count). The van der Waals surface area contributed by atoms with Crippen LogP contribution in [-0.2, 0) is 19.0 Å². The largest absolute Gasteiger partial charge is 0.381 e. The van der Waals surface area contributed by atoms with E-state index >= 15 is 0 Å². The molecule has 0 aromatic carbocycles. The molecule has 0 heterocycles. The van der Waals surface area contributed by atoms with Crippen LogP contribution in [0.2, 0.25) is 0 Å². The van der Waals surface area contributed by atoms with Gasteiger partial charge in [0.05, 0.1) is 12.2 Å². The third-order valence-corrected chi connectivity index (χ3v) is 9.75. The minimum absolute atomic E-state index is 0.00766. The third-order valence-electron chi connectivity index (χ3n) is 9.75. The molecule has 4 nitrogen and oxygen atoms in total. The summed E-state index contributed by atoms with van der Waals surface area (Å²) in [5.74, 6) is 1.67. The van der Waals surface area contributed by atoms with Gasteiger partial charge in [0.2, 0.25) is 0 Å². The van der Waals surface area contributed by atoms with Gasteiger partial charge in [-0.1, -0.05) is 41.5 Å². The highest BCUT2D eigenvalue weighted by Gasteiger charge is 2.68. The molecule has 3 saturated carbocycles. The van der Waals surface area contributed by atoms with E-state index in [0.29, 0.717) is 17.6 Å². The number of rotatable bonds is 5. The number of carbonyl (C=O) groups excluding carboxylic acids is 1. The summed E-state index contributed by atoms with van der Waals surface area (Å²) in [6.45, 7) is 13.9. The average Bonchev–Trinajstić information content (AvgIpc) is 3.06. The highest BCUT2D eigenvalue weighted by atomic mass is 16.7. The molecule has 3 aliphatic carbocycles. The summed E-state index contributed by atoms with van der Waals surface area (Å²) in [6, 6.07) is 0. The maximum atomic E-state index is 14.0. The number of Topliss-reactive ketones (excluding diaryl/α,β-unsaturated/α-hetero) is 1. The Morgan fingerprint density at radius 3 is 2.32 bits per heavy atom. The Bertz CT molecular complexity index is 589. The highest BCUT2D eigenvalue weighted by Crippen LogP contribution is 2.69. The van der Waals surface area contributed by atoms with Crippen LogP contribution in [-0.4, -0.2) is 39.0 Å². The molecule has 0 radical (unpaired) electrons. The lowest BCUT2D eigenvalue weighted by Gasteiger charge is -2.62. The monoisotopic (exact) mass is 394 g/mol. The second kappa shape index (κ2) is 7.67. The molecule has 0 spiro atoms. The molecule has 0 N–H and O–H groups in total. The topological polar surface area (TPSA) is 44.8 Å². The van der Waals surface area contributed by atoms with E-state index in [1.165, 1.54) is 0 Å². The van der Waals surface area contributed by atoms with Crippen LogP contribution in [0.15, 0.2) is 0 Å². The van der Waals surface area contributed by atoms with Gasteiger partial charge in [-0.25, -0.2) is 0 Å². The number of ketones is 1. The van der Waals surface area contributed by atoms with Crippen LogP contribution in [0.5, 0.6) is 0 Å². The van der Waals surface area contributed by atoms with E-state index in [1.54, 1.807) is 7.11 Å². The quantitative estimate of drug-likeness (QED) is 0.609.